The van der Waals surface area contributed by atoms with Gasteiger partial charge >= 0.3 is 12.2 Å². The summed E-state index contributed by atoms with van der Waals surface area (Å²) < 4.78 is 10.2. The Morgan fingerprint density at radius 1 is 0.633 bits per heavy atom. The Bertz CT molecular complexity index is 1740. The molecule has 16 heteroatoms. The molecule has 0 spiro atoms. The lowest BCUT2D eigenvalue weighted by molar-refractivity contribution is 0.0520. The lowest BCUT2D eigenvalue weighted by Crippen LogP contribution is -2.39. The van der Waals surface area contributed by atoms with Gasteiger partial charge in [-0.1, -0.05) is 36.4 Å². The first-order valence-corrected chi connectivity index (χ1v) is 20.2. The van der Waals surface area contributed by atoms with E-state index in [1.54, 1.807) is 30.7 Å². The Morgan fingerprint density at radius 2 is 1.15 bits per heavy atom. The number of rotatable bonds is 21. The van der Waals surface area contributed by atoms with Crippen molar-refractivity contribution in [1.82, 2.24) is 51.9 Å². The summed E-state index contributed by atoms with van der Waals surface area (Å²) in [6.07, 6.45) is 7.57. The van der Waals surface area contributed by atoms with Crippen LogP contribution in [0.25, 0.3) is 0 Å². The van der Waals surface area contributed by atoms with Gasteiger partial charge < -0.3 is 36.1 Å². The van der Waals surface area contributed by atoms with Gasteiger partial charge in [0.1, 0.15) is 11.2 Å². The number of amides is 3. The molecule has 324 valence electrons. The van der Waals surface area contributed by atoms with Crippen molar-refractivity contribution in [1.29, 1.82) is 0 Å². The number of hydrazone groups is 1. The number of carbonyl (C=O) groups excluding carboxylic acids is 3. The van der Waals surface area contributed by atoms with E-state index in [9.17, 15) is 14.4 Å². The molecular formula is C44H63N11O5. The van der Waals surface area contributed by atoms with Crippen molar-refractivity contribution in [3.05, 3.63) is 126 Å². The number of hydrogen-bond donors (Lipinski definition) is 6. The third-order valence-electron chi connectivity index (χ3n) is 7.92. The number of aromatic nitrogens is 3. The van der Waals surface area contributed by atoms with Crippen molar-refractivity contribution in [2.45, 2.75) is 72.4 Å². The molecule has 0 fully saturated rings. The highest BCUT2D eigenvalue weighted by Crippen LogP contribution is 2.08. The van der Waals surface area contributed by atoms with Crippen LogP contribution in [0, 0.1) is 0 Å². The molecule has 0 saturated carbocycles. The van der Waals surface area contributed by atoms with Crippen LogP contribution < -0.4 is 32.0 Å². The van der Waals surface area contributed by atoms with Crippen molar-refractivity contribution >= 4 is 24.3 Å². The topological polar surface area (TPSA) is 196 Å². The van der Waals surface area contributed by atoms with E-state index in [0.29, 0.717) is 31.7 Å². The van der Waals surface area contributed by atoms with Crippen LogP contribution in [0.2, 0.25) is 0 Å². The number of benzene rings is 1. The van der Waals surface area contributed by atoms with E-state index in [2.05, 4.69) is 69.1 Å². The quantitative estimate of drug-likeness (QED) is 0.0388. The number of carbonyl (C=O) groups is 3. The number of pyridine rings is 3. The number of nitrogens with zero attached hydrogens (tertiary/aromatic N) is 5. The molecule has 0 aliphatic heterocycles. The largest absolute Gasteiger partial charge is 0.444 e. The van der Waals surface area contributed by atoms with Crippen LogP contribution in [0.4, 0.5) is 9.59 Å². The highest BCUT2D eigenvalue weighted by atomic mass is 16.6. The Labute approximate surface area is 354 Å². The third kappa shape index (κ3) is 23.6. The zero-order valence-electron chi connectivity index (χ0n) is 35.9. The minimum absolute atomic E-state index is 0.269. The molecule has 0 aliphatic carbocycles. The summed E-state index contributed by atoms with van der Waals surface area (Å²) in [6, 6.07) is 23.4. The van der Waals surface area contributed by atoms with Gasteiger partial charge in [0.25, 0.3) is 5.91 Å². The predicted octanol–water partition coefficient (Wildman–Crippen LogP) is 4.64. The standard InChI is InChI=1S/C30H34N8O.C14H29N3O4/c39-30(27-11-15-31-16-12-27)37-36-21-25-7-9-26(10-8-25)24-38(19-17-32-22-28-5-1-3-13-34-28)20-18-33-23-29-6-2-4-14-35-29;1-13(2,3)20-11(18)16-9-7-15-8-10-17-12(19)21-14(4,5)6/h1-16,21,32-33H,17-20,22-24H2,(H,37,39);15H,7-10H2,1-6H3,(H,16,18)(H,17,19). The second kappa shape index (κ2) is 27.0. The fraction of sp³-hybridized carbons (Fsp3) is 0.432. The van der Waals surface area contributed by atoms with Gasteiger partial charge in [0, 0.05) is 102 Å². The van der Waals surface area contributed by atoms with Crippen LogP contribution in [-0.4, -0.2) is 108 Å². The van der Waals surface area contributed by atoms with E-state index < -0.39 is 23.4 Å². The molecule has 60 heavy (non-hydrogen) atoms. The van der Waals surface area contributed by atoms with Crippen molar-refractivity contribution in [3.8, 4) is 0 Å². The molecule has 0 saturated heterocycles. The molecule has 0 bridgehead atoms. The molecule has 4 rings (SSSR count). The molecule has 4 aromatic rings. The SMILES string of the molecule is CC(C)(C)OC(=O)NCCNCCNC(=O)OC(C)(C)C.O=C(NN=Cc1ccc(CN(CCNCc2ccccn2)CCNCc2ccccn2)cc1)c1ccncc1. The van der Waals surface area contributed by atoms with Crippen LogP contribution in [-0.2, 0) is 29.1 Å². The molecule has 3 amide bonds. The van der Waals surface area contributed by atoms with Crippen LogP contribution in [0.15, 0.2) is 103 Å². The molecule has 16 nitrogen and oxygen atoms in total. The second-order valence-corrected chi connectivity index (χ2v) is 15.6. The van der Waals surface area contributed by atoms with Gasteiger partial charge in [0.05, 0.1) is 17.6 Å². The second-order valence-electron chi connectivity index (χ2n) is 15.6. The minimum atomic E-state index is -0.491. The Balaban J connectivity index is 0.000000389. The summed E-state index contributed by atoms with van der Waals surface area (Å²) >= 11 is 0. The van der Waals surface area contributed by atoms with Crippen LogP contribution in [0.1, 0.15) is 74.4 Å². The summed E-state index contributed by atoms with van der Waals surface area (Å²) in [5.74, 6) is -0.269. The van der Waals surface area contributed by atoms with Crippen LogP contribution in [0.5, 0.6) is 0 Å². The fourth-order valence-electron chi connectivity index (χ4n) is 5.14. The van der Waals surface area contributed by atoms with E-state index in [0.717, 1.165) is 62.8 Å². The number of ether oxygens (including phenoxy) is 2. The van der Waals surface area contributed by atoms with Gasteiger partial charge in [-0.15, -0.1) is 0 Å². The van der Waals surface area contributed by atoms with Gasteiger partial charge in [-0.2, -0.15) is 5.10 Å². The Hall–Kier alpha value is -5.81. The smallest absolute Gasteiger partial charge is 0.407 e. The Kier molecular flexibility index (Phi) is 21.9. The van der Waals surface area contributed by atoms with Gasteiger partial charge in [0.2, 0.25) is 0 Å². The monoisotopic (exact) mass is 826 g/mol. The van der Waals surface area contributed by atoms with E-state index in [1.165, 1.54) is 5.56 Å². The highest BCUT2D eigenvalue weighted by Gasteiger charge is 2.16. The number of nitrogens with one attached hydrogen (secondary N) is 6. The van der Waals surface area contributed by atoms with Gasteiger partial charge in [-0.3, -0.25) is 24.6 Å². The van der Waals surface area contributed by atoms with Crippen LogP contribution in [0.3, 0.4) is 0 Å². The average molecular weight is 826 g/mol. The summed E-state index contributed by atoms with van der Waals surface area (Å²) in [6.45, 7) is 18.8. The molecule has 6 N–H and O–H groups in total. The van der Waals surface area contributed by atoms with Crippen LogP contribution >= 0.6 is 0 Å². The maximum Gasteiger partial charge on any atom is 0.407 e. The molecule has 0 atom stereocenters. The average Bonchev–Trinajstić information content (AvgIpc) is 3.21. The zero-order chi connectivity index (χ0) is 43.5. The van der Waals surface area contributed by atoms with Crippen molar-refractivity contribution in [2.75, 3.05) is 52.4 Å². The first-order chi connectivity index (χ1) is 28.8. The normalized spacial score (nSPS) is 11.4. The lowest BCUT2D eigenvalue weighted by Gasteiger charge is -2.23. The fourth-order valence-corrected chi connectivity index (χ4v) is 5.14. The van der Waals surface area contributed by atoms with Gasteiger partial charge in [-0.25, -0.2) is 15.0 Å². The maximum atomic E-state index is 12.1. The van der Waals surface area contributed by atoms with E-state index in [-0.39, 0.29) is 5.91 Å². The molecule has 0 aliphatic rings. The summed E-state index contributed by atoms with van der Waals surface area (Å²) in [7, 11) is 0. The minimum Gasteiger partial charge on any atom is -0.444 e. The molecule has 0 radical (unpaired) electrons. The number of alkyl carbamates (subject to hydrolysis) is 2. The lowest BCUT2D eigenvalue weighted by atomic mass is 10.1. The summed E-state index contributed by atoms with van der Waals surface area (Å²) in [4.78, 5) is 49.9. The van der Waals surface area contributed by atoms with E-state index >= 15 is 0 Å². The first kappa shape index (κ1) is 48.6. The third-order valence-corrected chi connectivity index (χ3v) is 7.92. The molecular weight excluding hydrogens is 763 g/mol. The zero-order valence-corrected chi connectivity index (χ0v) is 35.9. The highest BCUT2D eigenvalue weighted by molar-refractivity contribution is 5.94. The van der Waals surface area contributed by atoms with E-state index in [1.807, 2.05) is 102 Å². The molecule has 3 aromatic heterocycles. The van der Waals surface area contributed by atoms with Gasteiger partial charge in [-0.05, 0) is 89.1 Å². The summed E-state index contributed by atoms with van der Waals surface area (Å²) in [5, 5.41) is 19.4. The van der Waals surface area contributed by atoms with Crippen molar-refractivity contribution < 1.29 is 23.9 Å². The predicted molar refractivity (Wildman–Crippen MR) is 234 cm³/mol. The number of hydrogen-bond acceptors (Lipinski definition) is 13. The van der Waals surface area contributed by atoms with Gasteiger partial charge in [0.15, 0.2) is 0 Å². The molecule has 3 heterocycles. The van der Waals surface area contributed by atoms with Crippen molar-refractivity contribution in [2.24, 2.45) is 5.10 Å². The Morgan fingerprint density at radius 3 is 1.62 bits per heavy atom. The van der Waals surface area contributed by atoms with Crippen molar-refractivity contribution in [3.63, 3.8) is 0 Å². The maximum absolute atomic E-state index is 12.1. The molecule has 0 unspecified atom stereocenters. The first-order valence-electron chi connectivity index (χ1n) is 20.2. The molecule has 1 aromatic carbocycles. The van der Waals surface area contributed by atoms with E-state index in [4.69, 9.17) is 9.47 Å². The summed E-state index contributed by atoms with van der Waals surface area (Å²) in [5.41, 5.74) is 6.28.